The van der Waals surface area contributed by atoms with Crippen LogP contribution in [0.5, 0.6) is 34.5 Å². The summed E-state index contributed by atoms with van der Waals surface area (Å²) in [6.07, 6.45) is 0.629. The van der Waals surface area contributed by atoms with Crippen molar-refractivity contribution in [3.05, 3.63) is 41.2 Å². The van der Waals surface area contributed by atoms with Crippen LogP contribution in [0.2, 0.25) is 0 Å². The van der Waals surface area contributed by atoms with Crippen molar-refractivity contribution in [2.75, 3.05) is 35.5 Å². The van der Waals surface area contributed by atoms with Crippen LogP contribution in [0, 0.1) is 0 Å². The van der Waals surface area contributed by atoms with Crippen LogP contribution in [-0.2, 0) is 4.79 Å². The number of aldehydes is 1. The SMILES string of the molecule is COc1cc(OC)c2c(c1)OC(c1cc(OC)c(OC)c(OC)c1)=C(O)C2C=O. The molecule has 0 fully saturated rings. The first kappa shape index (κ1) is 20.2. The van der Waals surface area contributed by atoms with Gasteiger partial charge in [0.05, 0.1) is 41.1 Å². The minimum Gasteiger partial charge on any atom is -0.507 e. The average Bonchev–Trinajstić information content (AvgIpc) is 2.76. The van der Waals surface area contributed by atoms with E-state index in [9.17, 15) is 9.90 Å². The first-order valence-corrected chi connectivity index (χ1v) is 8.65. The lowest BCUT2D eigenvalue weighted by Crippen LogP contribution is -2.17. The lowest BCUT2D eigenvalue weighted by Gasteiger charge is -2.27. The molecule has 0 aliphatic carbocycles. The molecule has 1 unspecified atom stereocenters. The molecule has 0 aromatic heterocycles. The highest BCUT2D eigenvalue weighted by molar-refractivity contribution is 5.82. The maximum atomic E-state index is 11.9. The highest BCUT2D eigenvalue weighted by Gasteiger charge is 2.34. The first-order valence-electron chi connectivity index (χ1n) is 8.65. The number of allylic oxidation sites excluding steroid dienone is 1. The van der Waals surface area contributed by atoms with Gasteiger partial charge in [-0.15, -0.1) is 0 Å². The molecule has 29 heavy (non-hydrogen) atoms. The van der Waals surface area contributed by atoms with E-state index in [-0.39, 0.29) is 11.5 Å². The summed E-state index contributed by atoms with van der Waals surface area (Å²) in [6, 6.07) is 6.49. The van der Waals surface area contributed by atoms with E-state index in [1.54, 1.807) is 24.3 Å². The Kier molecular flexibility index (Phi) is 5.72. The van der Waals surface area contributed by atoms with Gasteiger partial charge in [-0.3, -0.25) is 0 Å². The molecule has 154 valence electrons. The Morgan fingerprint density at radius 3 is 1.97 bits per heavy atom. The van der Waals surface area contributed by atoms with Crippen LogP contribution in [0.15, 0.2) is 30.0 Å². The van der Waals surface area contributed by atoms with Crippen LogP contribution in [0.3, 0.4) is 0 Å². The van der Waals surface area contributed by atoms with Gasteiger partial charge >= 0.3 is 0 Å². The van der Waals surface area contributed by atoms with E-state index in [2.05, 4.69) is 0 Å². The topological polar surface area (TPSA) is 92.7 Å². The van der Waals surface area contributed by atoms with Gasteiger partial charge in [-0.1, -0.05) is 0 Å². The van der Waals surface area contributed by atoms with Crippen LogP contribution >= 0.6 is 0 Å². The number of fused-ring (bicyclic) bond motifs is 1. The van der Waals surface area contributed by atoms with Crippen molar-refractivity contribution in [3.63, 3.8) is 0 Å². The number of hydrogen-bond donors (Lipinski definition) is 1. The van der Waals surface area contributed by atoms with E-state index in [0.29, 0.717) is 51.9 Å². The van der Waals surface area contributed by atoms with Crippen molar-refractivity contribution in [3.8, 4) is 34.5 Å². The van der Waals surface area contributed by atoms with E-state index in [1.165, 1.54) is 35.5 Å². The Bertz CT molecular complexity index is 938. The Labute approximate surface area is 168 Å². The molecule has 1 N–H and O–H groups in total. The summed E-state index contributed by atoms with van der Waals surface area (Å²) in [5, 5.41) is 10.9. The van der Waals surface area contributed by atoms with Crippen molar-refractivity contribution in [2.24, 2.45) is 0 Å². The van der Waals surface area contributed by atoms with E-state index >= 15 is 0 Å². The van der Waals surface area contributed by atoms with Crippen molar-refractivity contribution < 1.29 is 38.3 Å². The van der Waals surface area contributed by atoms with Crippen molar-refractivity contribution in [1.82, 2.24) is 0 Å². The third-order valence-corrected chi connectivity index (χ3v) is 4.65. The van der Waals surface area contributed by atoms with Crippen LogP contribution < -0.4 is 28.4 Å². The van der Waals surface area contributed by atoms with E-state index < -0.39 is 5.92 Å². The zero-order valence-electron chi connectivity index (χ0n) is 16.8. The average molecular weight is 402 g/mol. The molecule has 0 saturated heterocycles. The summed E-state index contributed by atoms with van der Waals surface area (Å²) >= 11 is 0. The lowest BCUT2D eigenvalue weighted by molar-refractivity contribution is -0.109. The molecular weight excluding hydrogens is 380 g/mol. The Hall–Kier alpha value is -3.55. The highest BCUT2D eigenvalue weighted by atomic mass is 16.5. The molecule has 1 aliphatic rings. The maximum absolute atomic E-state index is 11.9. The largest absolute Gasteiger partial charge is 0.507 e. The van der Waals surface area contributed by atoms with Gasteiger partial charge in [0, 0.05) is 17.7 Å². The Morgan fingerprint density at radius 2 is 1.48 bits per heavy atom. The Morgan fingerprint density at radius 1 is 0.862 bits per heavy atom. The quantitative estimate of drug-likeness (QED) is 0.705. The predicted octanol–water partition coefficient (Wildman–Crippen LogP) is 3.33. The minimum absolute atomic E-state index is 0.0872. The molecule has 0 spiro atoms. The van der Waals surface area contributed by atoms with Gasteiger partial charge < -0.3 is 38.3 Å². The highest BCUT2D eigenvalue weighted by Crippen LogP contribution is 2.48. The number of carbonyl (C=O) groups is 1. The monoisotopic (exact) mass is 402 g/mol. The number of aliphatic hydroxyl groups is 1. The van der Waals surface area contributed by atoms with Crippen LogP contribution in [0.4, 0.5) is 0 Å². The first-order chi connectivity index (χ1) is 14.0. The molecule has 8 heteroatoms. The van der Waals surface area contributed by atoms with Crippen molar-refractivity contribution in [1.29, 1.82) is 0 Å². The molecule has 3 rings (SSSR count). The summed E-state index contributed by atoms with van der Waals surface area (Å²) in [5.74, 6) is 1.18. The fourth-order valence-corrected chi connectivity index (χ4v) is 3.25. The summed E-state index contributed by atoms with van der Waals surface area (Å²) < 4.78 is 32.7. The van der Waals surface area contributed by atoms with E-state index in [4.69, 9.17) is 28.4 Å². The summed E-state index contributed by atoms with van der Waals surface area (Å²) in [7, 11) is 7.43. The van der Waals surface area contributed by atoms with Gasteiger partial charge in [0.2, 0.25) is 5.75 Å². The molecule has 0 bridgehead atoms. The molecule has 8 nitrogen and oxygen atoms in total. The molecule has 0 radical (unpaired) electrons. The van der Waals surface area contributed by atoms with Gasteiger partial charge in [-0.25, -0.2) is 0 Å². The second kappa shape index (κ2) is 8.22. The fraction of sp³-hybridized carbons (Fsp3) is 0.286. The van der Waals surface area contributed by atoms with Crippen molar-refractivity contribution >= 4 is 12.0 Å². The second-order valence-electron chi connectivity index (χ2n) is 6.09. The smallest absolute Gasteiger partial charge is 0.203 e. The summed E-state index contributed by atoms with van der Waals surface area (Å²) in [5.41, 5.74) is 0.855. The number of rotatable bonds is 7. The third kappa shape index (κ3) is 3.37. The molecule has 2 aromatic carbocycles. The molecule has 2 aromatic rings. The van der Waals surface area contributed by atoms with E-state index in [1.807, 2.05) is 0 Å². The lowest BCUT2D eigenvalue weighted by atomic mass is 9.92. The molecular formula is C21H22O8. The summed E-state index contributed by atoms with van der Waals surface area (Å²) in [4.78, 5) is 11.9. The number of hydrogen-bond acceptors (Lipinski definition) is 8. The molecule has 1 atom stereocenters. The minimum atomic E-state index is -0.978. The fourth-order valence-electron chi connectivity index (χ4n) is 3.25. The van der Waals surface area contributed by atoms with Crippen molar-refractivity contribution in [2.45, 2.75) is 5.92 Å². The predicted molar refractivity (Wildman–Crippen MR) is 105 cm³/mol. The zero-order chi connectivity index (χ0) is 21.1. The number of benzene rings is 2. The van der Waals surface area contributed by atoms with Crippen LogP contribution in [0.1, 0.15) is 17.0 Å². The third-order valence-electron chi connectivity index (χ3n) is 4.65. The standard InChI is InChI=1S/C21H22O8/c1-24-12-8-14(25-2)18-13(10-22)19(23)20(29-15(18)9-12)11-6-16(26-3)21(28-5)17(7-11)27-4/h6-10,13,23H,1-5H3. The molecule has 0 saturated carbocycles. The number of ether oxygens (including phenoxy) is 6. The number of carbonyl (C=O) groups excluding carboxylic acids is 1. The van der Waals surface area contributed by atoms with Gasteiger partial charge in [-0.05, 0) is 12.1 Å². The second-order valence-corrected chi connectivity index (χ2v) is 6.09. The molecule has 1 heterocycles. The zero-order valence-corrected chi connectivity index (χ0v) is 16.8. The van der Waals surface area contributed by atoms with Crippen LogP contribution in [-0.4, -0.2) is 46.9 Å². The van der Waals surface area contributed by atoms with Crippen LogP contribution in [0.25, 0.3) is 5.76 Å². The normalized spacial score (nSPS) is 15.1. The number of aliphatic hydroxyl groups excluding tert-OH is 1. The molecule has 0 amide bonds. The van der Waals surface area contributed by atoms with E-state index in [0.717, 1.165) is 0 Å². The van der Waals surface area contributed by atoms with Gasteiger partial charge in [0.15, 0.2) is 23.0 Å². The number of methoxy groups -OCH3 is 5. The molecule has 1 aliphatic heterocycles. The Balaban J connectivity index is 2.22. The van der Waals surface area contributed by atoms with Gasteiger partial charge in [-0.2, -0.15) is 0 Å². The summed E-state index contributed by atoms with van der Waals surface area (Å²) in [6.45, 7) is 0. The van der Waals surface area contributed by atoms with Gasteiger partial charge in [0.25, 0.3) is 0 Å². The van der Waals surface area contributed by atoms with Gasteiger partial charge in [0.1, 0.15) is 29.5 Å². The maximum Gasteiger partial charge on any atom is 0.203 e.